The van der Waals surface area contributed by atoms with Gasteiger partial charge in [-0.2, -0.15) is 18.9 Å². The Morgan fingerprint density at radius 2 is 1.73 bits per heavy atom. The average Bonchev–Trinajstić information content (AvgIpc) is 2.13. The molecule has 0 amide bonds. The third-order valence-electron chi connectivity index (χ3n) is 2.06. The molecule has 0 aliphatic carbocycles. The summed E-state index contributed by atoms with van der Waals surface area (Å²) in [6, 6.07) is 3.73. The first-order valence-electron chi connectivity index (χ1n) is 4.37. The summed E-state index contributed by atoms with van der Waals surface area (Å²) in [7, 11) is -2.13. The summed E-state index contributed by atoms with van der Waals surface area (Å²) in [5.74, 6) is 0. The number of nitrogens with zero attached hydrogens (tertiary/aromatic N) is 2. The fourth-order valence-electron chi connectivity index (χ4n) is 1.12. The molecule has 0 aromatic carbocycles. The van der Waals surface area contributed by atoms with Gasteiger partial charge in [0.1, 0.15) is 4.49 Å². The van der Waals surface area contributed by atoms with Crippen molar-refractivity contribution in [1.29, 1.82) is 10.5 Å². The van der Waals surface area contributed by atoms with Crippen LogP contribution in [0.25, 0.3) is 0 Å². The summed E-state index contributed by atoms with van der Waals surface area (Å²) in [6.45, 7) is 0. The van der Waals surface area contributed by atoms with E-state index in [2.05, 4.69) is 9.24 Å². The minimum Gasteiger partial charge on any atom is -0.285 e. The molecule has 5 nitrogen and oxygen atoms in total. The van der Waals surface area contributed by atoms with Crippen LogP contribution in [0.3, 0.4) is 0 Å². The van der Waals surface area contributed by atoms with Crippen LogP contribution in [0.4, 0.5) is 0 Å². The maximum Gasteiger partial charge on any atom is 0.274 e. The maximum absolute atomic E-state index is 11.1. The van der Waals surface area contributed by atoms with E-state index in [0.29, 0.717) is 6.42 Å². The van der Waals surface area contributed by atoms with E-state index in [1.807, 2.05) is 12.1 Å². The third-order valence-corrected chi connectivity index (χ3v) is 4.97. The van der Waals surface area contributed by atoms with E-state index in [1.165, 1.54) is 0 Å². The molecular formula is C8H13N2O3PS. The first-order chi connectivity index (χ1) is 6.87. The van der Waals surface area contributed by atoms with Gasteiger partial charge >= 0.3 is 0 Å². The second kappa shape index (κ2) is 6.02. The Balaban J connectivity index is 4.59. The zero-order chi connectivity index (χ0) is 11.9. The molecule has 0 rings (SSSR count). The molecule has 0 aromatic heterocycles. The van der Waals surface area contributed by atoms with Crippen molar-refractivity contribution in [3.8, 4) is 12.1 Å². The molecule has 84 valence electrons. The van der Waals surface area contributed by atoms with Gasteiger partial charge in [-0.15, -0.1) is 9.24 Å². The van der Waals surface area contributed by atoms with Crippen molar-refractivity contribution < 1.29 is 13.0 Å². The molecule has 0 radical (unpaired) electrons. The van der Waals surface area contributed by atoms with Gasteiger partial charge in [-0.25, -0.2) is 0 Å². The monoisotopic (exact) mass is 248 g/mol. The summed E-state index contributed by atoms with van der Waals surface area (Å²) < 4.78 is 29.8. The maximum atomic E-state index is 11.1. The Bertz CT molecular complexity index is 382. The summed E-state index contributed by atoms with van der Waals surface area (Å²) in [5, 5.41) is 16.7. The minimum atomic E-state index is -4.21. The molecule has 0 saturated carbocycles. The van der Waals surface area contributed by atoms with Crippen LogP contribution in [0.5, 0.6) is 0 Å². The third kappa shape index (κ3) is 4.57. The van der Waals surface area contributed by atoms with E-state index in [0.717, 1.165) is 0 Å². The van der Waals surface area contributed by atoms with Gasteiger partial charge in [-0.05, 0) is 19.3 Å². The van der Waals surface area contributed by atoms with Crippen LogP contribution in [0.15, 0.2) is 0 Å². The van der Waals surface area contributed by atoms with E-state index in [4.69, 9.17) is 15.1 Å². The van der Waals surface area contributed by atoms with Gasteiger partial charge in [-0.1, -0.05) is 0 Å². The predicted octanol–water partition coefficient (Wildman–Crippen LogP) is 1.44. The minimum absolute atomic E-state index is 0.0514. The highest BCUT2D eigenvalue weighted by molar-refractivity contribution is 7.91. The Morgan fingerprint density at radius 1 is 1.20 bits per heavy atom. The van der Waals surface area contributed by atoms with E-state index in [1.54, 1.807) is 0 Å². The zero-order valence-electron chi connectivity index (χ0n) is 8.18. The molecule has 0 bridgehead atoms. The molecule has 1 N–H and O–H groups in total. The SMILES string of the molecule is N#CCCCC(P)(CCC#N)S(=O)(=O)O. The Labute approximate surface area is 92.0 Å². The van der Waals surface area contributed by atoms with Crippen LogP contribution in [0.1, 0.15) is 32.1 Å². The van der Waals surface area contributed by atoms with E-state index >= 15 is 0 Å². The molecule has 0 fully saturated rings. The van der Waals surface area contributed by atoms with Gasteiger partial charge < -0.3 is 0 Å². The fraction of sp³-hybridized carbons (Fsp3) is 0.750. The summed E-state index contributed by atoms with van der Waals surface area (Å²) in [6.07, 6.45) is 0.878. The van der Waals surface area contributed by atoms with Gasteiger partial charge in [-0.3, -0.25) is 4.55 Å². The summed E-state index contributed by atoms with van der Waals surface area (Å²) in [5.41, 5.74) is 0. The van der Waals surface area contributed by atoms with Crippen molar-refractivity contribution in [2.75, 3.05) is 0 Å². The highest BCUT2D eigenvalue weighted by Gasteiger charge is 2.37. The summed E-state index contributed by atoms with van der Waals surface area (Å²) in [4.78, 5) is 0. The van der Waals surface area contributed by atoms with Crippen LogP contribution in [0.2, 0.25) is 0 Å². The van der Waals surface area contributed by atoms with Crippen molar-refractivity contribution in [3.63, 3.8) is 0 Å². The van der Waals surface area contributed by atoms with Crippen molar-refractivity contribution in [2.45, 2.75) is 36.6 Å². The molecule has 15 heavy (non-hydrogen) atoms. The van der Waals surface area contributed by atoms with Gasteiger partial charge in [0.2, 0.25) is 0 Å². The number of hydrogen-bond donors (Lipinski definition) is 1. The van der Waals surface area contributed by atoms with Gasteiger partial charge in [0.25, 0.3) is 10.1 Å². The number of hydrogen-bond acceptors (Lipinski definition) is 4. The molecule has 0 aliphatic heterocycles. The lowest BCUT2D eigenvalue weighted by atomic mass is 10.1. The van der Waals surface area contributed by atoms with Crippen LogP contribution in [0, 0.1) is 22.7 Å². The zero-order valence-corrected chi connectivity index (χ0v) is 10.2. The largest absolute Gasteiger partial charge is 0.285 e. The molecule has 0 aromatic rings. The first kappa shape index (κ1) is 14.3. The second-order valence-electron chi connectivity index (χ2n) is 3.21. The van der Waals surface area contributed by atoms with Crippen LogP contribution >= 0.6 is 9.24 Å². The van der Waals surface area contributed by atoms with Crippen LogP contribution in [-0.4, -0.2) is 17.5 Å². The van der Waals surface area contributed by atoms with E-state index in [-0.39, 0.29) is 25.7 Å². The standard InChI is InChI=1S/C8H13N2O3PS/c9-6-2-1-4-8(14,5-3-7-10)15(11,12)13/h1-5,14H2,(H,11,12,13). The van der Waals surface area contributed by atoms with Gasteiger partial charge in [0.05, 0.1) is 12.1 Å². The van der Waals surface area contributed by atoms with Crippen LogP contribution < -0.4 is 0 Å². The molecule has 2 atom stereocenters. The highest BCUT2D eigenvalue weighted by Crippen LogP contribution is 2.35. The molecule has 0 saturated heterocycles. The number of rotatable bonds is 6. The Kier molecular flexibility index (Phi) is 5.75. The lowest BCUT2D eigenvalue weighted by Gasteiger charge is -2.24. The molecule has 7 heteroatoms. The highest BCUT2D eigenvalue weighted by atomic mass is 32.2. The number of unbranched alkanes of at least 4 members (excludes halogenated alkanes) is 1. The normalized spacial score (nSPS) is 14.9. The van der Waals surface area contributed by atoms with E-state index in [9.17, 15) is 8.42 Å². The topological polar surface area (TPSA) is 102 Å². The van der Waals surface area contributed by atoms with Crippen molar-refractivity contribution in [1.82, 2.24) is 0 Å². The molecule has 0 heterocycles. The predicted molar refractivity (Wildman–Crippen MR) is 58.3 cm³/mol. The smallest absolute Gasteiger partial charge is 0.274 e. The summed E-state index contributed by atoms with van der Waals surface area (Å²) >= 11 is 0. The average molecular weight is 248 g/mol. The lowest BCUT2D eigenvalue weighted by molar-refractivity contribution is 0.443. The Hall–Kier alpha value is -0.680. The fourth-order valence-corrected chi connectivity index (χ4v) is 2.23. The lowest BCUT2D eigenvalue weighted by Crippen LogP contribution is -2.31. The van der Waals surface area contributed by atoms with Gasteiger partial charge in [0, 0.05) is 12.8 Å². The molecule has 2 unspecified atom stereocenters. The second-order valence-corrected chi connectivity index (χ2v) is 6.50. The van der Waals surface area contributed by atoms with Crippen LogP contribution in [-0.2, 0) is 10.1 Å². The Morgan fingerprint density at radius 3 is 2.13 bits per heavy atom. The quantitative estimate of drug-likeness (QED) is 0.435. The van der Waals surface area contributed by atoms with Crippen molar-refractivity contribution >= 4 is 19.4 Å². The number of nitriles is 2. The molecule has 0 spiro atoms. The first-order valence-corrected chi connectivity index (χ1v) is 6.39. The molecular weight excluding hydrogens is 235 g/mol. The van der Waals surface area contributed by atoms with Crippen molar-refractivity contribution in [2.24, 2.45) is 0 Å². The van der Waals surface area contributed by atoms with E-state index < -0.39 is 14.6 Å². The van der Waals surface area contributed by atoms with Crippen molar-refractivity contribution in [3.05, 3.63) is 0 Å². The molecule has 0 aliphatic rings. The van der Waals surface area contributed by atoms with Gasteiger partial charge in [0.15, 0.2) is 0 Å².